The van der Waals surface area contributed by atoms with Crippen molar-refractivity contribution in [1.29, 1.82) is 0 Å². The Bertz CT molecular complexity index is 791. The number of carboxylic acid groups (broad SMARTS) is 1. The van der Waals surface area contributed by atoms with Crippen molar-refractivity contribution in [1.82, 2.24) is 14.6 Å². The van der Waals surface area contributed by atoms with Crippen molar-refractivity contribution in [3.05, 3.63) is 65.1 Å². The monoisotopic (exact) mass is 281 g/mol. The summed E-state index contributed by atoms with van der Waals surface area (Å²) in [6.45, 7) is 2.06. The number of hydrogen-bond acceptors (Lipinski definition) is 3. The van der Waals surface area contributed by atoms with Crippen LogP contribution in [-0.4, -0.2) is 25.7 Å². The molecule has 2 aromatic heterocycles. The van der Waals surface area contributed by atoms with Crippen molar-refractivity contribution in [3.8, 4) is 0 Å². The number of carboxylic acids is 1. The molecule has 5 heteroatoms. The molecule has 1 aromatic carbocycles. The second kappa shape index (κ2) is 5.36. The van der Waals surface area contributed by atoms with E-state index in [0.717, 1.165) is 12.2 Å². The van der Waals surface area contributed by atoms with Gasteiger partial charge in [-0.3, -0.25) is 4.40 Å². The first kappa shape index (κ1) is 13.3. The van der Waals surface area contributed by atoms with Gasteiger partial charge in [-0.15, -0.1) is 10.2 Å². The molecule has 2 heterocycles. The first-order valence-corrected chi connectivity index (χ1v) is 6.76. The van der Waals surface area contributed by atoms with Crippen molar-refractivity contribution in [2.75, 3.05) is 0 Å². The number of hydrogen-bond donors (Lipinski definition) is 1. The summed E-state index contributed by atoms with van der Waals surface area (Å²) in [6, 6.07) is 11.6. The Morgan fingerprint density at radius 1 is 1.14 bits per heavy atom. The minimum Gasteiger partial charge on any atom is -0.478 e. The Morgan fingerprint density at radius 3 is 2.62 bits per heavy atom. The molecule has 0 aliphatic carbocycles. The van der Waals surface area contributed by atoms with E-state index in [4.69, 9.17) is 5.11 Å². The van der Waals surface area contributed by atoms with Crippen molar-refractivity contribution in [2.24, 2.45) is 0 Å². The van der Waals surface area contributed by atoms with Gasteiger partial charge in [-0.2, -0.15) is 0 Å². The zero-order valence-electron chi connectivity index (χ0n) is 11.7. The molecule has 0 bridgehead atoms. The van der Waals surface area contributed by atoms with Crippen molar-refractivity contribution < 1.29 is 9.90 Å². The average Bonchev–Trinajstić information content (AvgIpc) is 2.89. The normalized spacial score (nSPS) is 10.9. The Balaban J connectivity index is 1.86. The van der Waals surface area contributed by atoms with Crippen LogP contribution in [0.5, 0.6) is 0 Å². The molecule has 3 aromatic rings. The number of carbonyl (C=O) groups is 1. The fraction of sp³-hybridized carbons (Fsp3) is 0.188. The van der Waals surface area contributed by atoms with E-state index in [9.17, 15) is 4.79 Å². The Morgan fingerprint density at radius 2 is 1.90 bits per heavy atom. The van der Waals surface area contributed by atoms with Crippen LogP contribution in [0.25, 0.3) is 5.65 Å². The van der Waals surface area contributed by atoms with E-state index in [0.29, 0.717) is 12.1 Å². The molecular formula is C16H15N3O2. The summed E-state index contributed by atoms with van der Waals surface area (Å²) in [6.07, 6.45) is 3.36. The van der Waals surface area contributed by atoms with Gasteiger partial charge in [0.1, 0.15) is 11.4 Å². The molecule has 0 amide bonds. The molecule has 3 rings (SSSR count). The number of aromatic carboxylic acids is 1. The molecule has 0 radical (unpaired) electrons. The fourth-order valence-electron chi connectivity index (χ4n) is 2.31. The molecule has 0 unspecified atom stereocenters. The van der Waals surface area contributed by atoms with Gasteiger partial charge >= 0.3 is 5.97 Å². The second-order valence-corrected chi connectivity index (χ2v) is 5.02. The van der Waals surface area contributed by atoms with Crippen molar-refractivity contribution in [3.63, 3.8) is 0 Å². The number of fused-ring (bicyclic) bond motifs is 1. The summed E-state index contributed by atoms with van der Waals surface area (Å²) >= 11 is 0. The maximum Gasteiger partial charge on any atom is 0.339 e. The molecule has 0 saturated heterocycles. The molecule has 0 atom stereocenters. The number of nitrogens with zero attached hydrogens (tertiary/aromatic N) is 3. The van der Waals surface area contributed by atoms with Crippen LogP contribution in [0.15, 0.2) is 42.6 Å². The van der Waals surface area contributed by atoms with Crippen LogP contribution in [0.4, 0.5) is 0 Å². The number of benzene rings is 1. The van der Waals surface area contributed by atoms with Crippen LogP contribution in [0, 0.1) is 6.92 Å². The topological polar surface area (TPSA) is 67.5 Å². The minimum absolute atomic E-state index is 0.173. The summed E-state index contributed by atoms with van der Waals surface area (Å²) in [5.74, 6) is -0.216. The number of pyridine rings is 1. The largest absolute Gasteiger partial charge is 0.478 e. The van der Waals surface area contributed by atoms with E-state index in [1.165, 1.54) is 17.2 Å². The molecule has 0 aliphatic heterocycles. The highest BCUT2D eigenvalue weighted by Crippen LogP contribution is 2.12. The quantitative estimate of drug-likeness (QED) is 0.798. The Labute approximate surface area is 121 Å². The van der Waals surface area contributed by atoms with E-state index < -0.39 is 5.97 Å². The first-order valence-electron chi connectivity index (χ1n) is 6.76. The third-order valence-corrected chi connectivity index (χ3v) is 3.49. The Hall–Kier alpha value is -2.69. The van der Waals surface area contributed by atoms with E-state index in [1.807, 2.05) is 0 Å². The van der Waals surface area contributed by atoms with Crippen LogP contribution >= 0.6 is 0 Å². The van der Waals surface area contributed by atoms with Gasteiger partial charge in [0.15, 0.2) is 5.65 Å². The maximum absolute atomic E-state index is 11.2. The van der Waals surface area contributed by atoms with Crippen molar-refractivity contribution in [2.45, 2.75) is 19.8 Å². The van der Waals surface area contributed by atoms with Crippen molar-refractivity contribution >= 4 is 11.6 Å². The van der Waals surface area contributed by atoms with E-state index in [-0.39, 0.29) is 5.56 Å². The molecule has 0 saturated carbocycles. The molecular weight excluding hydrogens is 266 g/mol. The van der Waals surface area contributed by atoms with Crippen LogP contribution in [0.3, 0.4) is 0 Å². The van der Waals surface area contributed by atoms with E-state index in [2.05, 4.69) is 41.4 Å². The summed E-state index contributed by atoms with van der Waals surface area (Å²) in [5.41, 5.74) is 3.03. The lowest BCUT2D eigenvalue weighted by atomic mass is 10.1. The first-order chi connectivity index (χ1) is 10.1. The number of aromatic nitrogens is 3. The van der Waals surface area contributed by atoms with E-state index in [1.54, 1.807) is 16.7 Å². The molecule has 106 valence electrons. The van der Waals surface area contributed by atoms with Gasteiger partial charge in [0, 0.05) is 12.6 Å². The zero-order chi connectivity index (χ0) is 14.8. The number of rotatable bonds is 4. The van der Waals surface area contributed by atoms with Crippen LogP contribution in [0.1, 0.15) is 27.3 Å². The van der Waals surface area contributed by atoms with Crippen LogP contribution in [-0.2, 0) is 12.8 Å². The third kappa shape index (κ3) is 2.63. The predicted molar refractivity (Wildman–Crippen MR) is 78.5 cm³/mol. The van der Waals surface area contributed by atoms with Crippen LogP contribution in [0.2, 0.25) is 0 Å². The lowest BCUT2D eigenvalue weighted by Gasteiger charge is -2.02. The molecule has 0 aliphatic rings. The summed E-state index contributed by atoms with van der Waals surface area (Å²) in [4.78, 5) is 11.2. The van der Waals surface area contributed by atoms with Gasteiger partial charge in [-0.25, -0.2) is 4.79 Å². The van der Waals surface area contributed by atoms with Crippen LogP contribution < -0.4 is 0 Å². The highest BCUT2D eigenvalue weighted by Gasteiger charge is 2.13. The maximum atomic E-state index is 11.2. The lowest BCUT2D eigenvalue weighted by Crippen LogP contribution is -2.02. The average molecular weight is 281 g/mol. The van der Waals surface area contributed by atoms with Gasteiger partial charge in [-0.05, 0) is 31.0 Å². The highest BCUT2D eigenvalue weighted by atomic mass is 16.4. The molecule has 1 N–H and O–H groups in total. The third-order valence-electron chi connectivity index (χ3n) is 3.49. The zero-order valence-corrected chi connectivity index (χ0v) is 11.7. The second-order valence-electron chi connectivity index (χ2n) is 5.02. The SMILES string of the molecule is Cc1ccc(CCc2nnc3c(C(=O)O)cccn23)cc1. The molecule has 0 fully saturated rings. The van der Waals surface area contributed by atoms with Gasteiger partial charge in [0.2, 0.25) is 0 Å². The number of aryl methyl sites for hydroxylation is 3. The summed E-state index contributed by atoms with van der Waals surface area (Å²) in [7, 11) is 0. The molecule has 5 nitrogen and oxygen atoms in total. The molecule has 21 heavy (non-hydrogen) atoms. The molecule has 0 spiro atoms. The Kier molecular flexibility index (Phi) is 3.39. The smallest absolute Gasteiger partial charge is 0.339 e. The van der Waals surface area contributed by atoms with Gasteiger partial charge < -0.3 is 5.11 Å². The van der Waals surface area contributed by atoms with E-state index >= 15 is 0 Å². The lowest BCUT2D eigenvalue weighted by molar-refractivity contribution is 0.0698. The highest BCUT2D eigenvalue weighted by molar-refractivity contribution is 5.94. The standard InChI is InChI=1S/C16H15N3O2/c1-11-4-6-12(7-5-11)8-9-14-17-18-15-13(16(20)21)3-2-10-19(14)15/h2-7,10H,8-9H2,1H3,(H,20,21). The van der Waals surface area contributed by atoms with Gasteiger partial charge in [-0.1, -0.05) is 29.8 Å². The minimum atomic E-state index is -0.988. The predicted octanol–water partition coefficient (Wildman–Crippen LogP) is 2.52. The summed E-state index contributed by atoms with van der Waals surface area (Å²) < 4.78 is 1.75. The summed E-state index contributed by atoms with van der Waals surface area (Å²) in [5, 5.41) is 17.3. The van der Waals surface area contributed by atoms with Gasteiger partial charge in [0.25, 0.3) is 0 Å². The van der Waals surface area contributed by atoms with Gasteiger partial charge in [0.05, 0.1) is 0 Å². The fourth-order valence-corrected chi connectivity index (χ4v) is 2.31.